The fourth-order valence-corrected chi connectivity index (χ4v) is 1.14. The molecule has 1 aliphatic heterocycles. The van der Waals surface area contributed by atoms with Gasteiger partial charge in [0, 0.05) is 0 Å². The summed E-state index contributed by atoms with van der Waals surface area (Å²) in [5.74, 6) is 0. The molecule has 1 heterocycles. The predicted octanol–water partition coefficient (Wildman–Crippen LogP) is 0.669. The molecule has 0 aromatic heterocycles. The van der Waals surface area contributed by atoms with Crippen molar-refractivity contribution in [2.75, 3.05) is 20.1 Å². The molecule has 1 fully saturated rings. The fraction of sp³-hybridized carbons (Fsp3) is 1.00. The van der Waals surface area contributed by atoms with E-state index in [1.807, 2.05) is 0 Å². The number of hydrogen-bond donors (Lipinski definition) is 0. The Kier molecular flexibility index (Phi) is 2.43. The molecule has 0 aliphatic carbocycles. The van der Waals surface area contributed by atoms with Crippen LogP contribution in [-0.2, 0) is 0 Å². The maximum atomic E-state index is 2.40. The third kappa shape index (κ3) is 1.82. The van der Waals surface area contributed by atoms with Crippen molar-refractivity contribution in [3.8, 4) is 0 Å². The van der Waals surface area contributed by atoms with E-state index in [1.54, 1.807) is 0 Å². The monoisotopic (exact) mass is 105 g/mol. The zero-order chi connectivity index (χ0) is 5.98. The molecule has 0 aromatic carbocycles. The Morgan fingerprint density at radius 3 is 2.25 bits per heavy atom. The van der Waals surface area contributed by atoms with Crippen LogP contribution in [0.25, 0.3) is 0 Å². The average molecular weight is 105 g/mol. The predicted molar refractivity (Wildman–Crippen MR) is 36.2 cm³/mol. The molecule has 0 N–H and O–H groups in total. The van der Waals surface area contributed by atoms with E-state index >= 15 is 0 Å². The van der Waals surface area contributed by atoms with Crippen LogP contribution in [0, 0.1) is 0 Å². The zero-order valence-electron chi connectivity index (χ0n) is 5.85. The summed E-state index contributed by atoms with van der Waals surface area (Å²) in [6.45, 7) is 2.61. The molecule has 0 atom stereocenters. The topological polar surface area (TPSA) is 3.24 Å². The Morgan fingerprint density at radius 2 is 1.88 bits per heavy atom. The Morgan fingerprint density at radius 1 is 1.38 bits per heavy atom. The van der Waals surface area contributed by atoms with Crippen molar-refractivity contribution in [3.63, 3.8) is 0 Å². The first kappa shape index (κ1) is 6.67. The molecule has 0 saturated carbocycles. The van der Waals surface area contributed by atoms with Crippen LogP contribution in [0.5, 0.6) is 0 Å². The van der Waals surface area contributed by atoms with Gasteiger partial charge < -0.3 is 0 Å². The van der Waals surface area contributed by atoms with Gasteiger partial charge in [0.1, 0.15) is 0 Å². The summed E-state index contributed by atoms with van der Waals surface area (Å²) in [6.07, 6.45) is 2.80. The van der Waals surface area contributed by atoms with Crippen molar-refractivity contribution in [3.05, 3.63) is 0 Å². The van der Waals surface area contributed by atoms with Crippen LogP contribution in [0.4, 0.5) is 0 Å². The molecule has 1 saturated heterocycles. The maximum absolute atomic E-state index is 2.40. The van der Waals surface area contributed by atoms with Crippen molar-refractivity contribution in [2.24, 2.45) is 0 Å². The third-order valence-electron chi connectivity index (χ3n) is 2.01. The van der Waals surface area contributed by atoms with Crippen LogP contribution in [-0.4, -0.2) is 42.8 Å². The Labute approximate surface area is 60.6 Å². The summed E-state index contributed by atoms with van der Waals surface area (Å²) in [5.41, 5.74) is 0. The van der Waals surface area contributed by atoms with Gasteiger partial charge in [0.2, 0.25) is 0 Å². The van der Waals surface area contributed by atoms with E-state index < -0.39 is 0 Å². The van der Waals surface area contributed by atoms with Gasteiger partial charge in [-0.2, -0.15) is 0 Å². The zero-order valence-corrected chi connectivity index (χ0v) is 5.85. The van der Waals surface area contributed by atoms with Gasteiger partial charge in [-0.25, -0.2) is 0 Å². The minimum absolute atomic E-state index is 0.978. The number of piperidine rings is 1. The molecular formula is C6H12LiN. The van der Waals surface area contributed by atoms with Gasteiger partial charge in [-0.15, -0.1) is 0 Å². The van der Waals surface area contributed by atoms with E-state index in [9.17, 15) is 0 Å². The second kappa shape index (κ2) is 2.92. The van der Waals surface area contributed by atoms with Gasteiger partial charge in [0.25, 0.3) is 0 Å². The standard InChI is InChI=1S/C6H12N.Li/c1-7-5-3-2-4-6-7;/h2H,3-6H2,1H3;. The second-order valence-electron chi connectivity index (χ2n) is 2.99. The number of hydrogen-bond acceptors (Lipinski definition) is 1. The van der Waals surface area contributed by atoms with Crippen LogP contribution in [0.2, 0.25) is 4.59 Å². The van der Waals surface area contributed by atoms with E-state index in [4.69, 9.17) is 0 Å². The van der Waals surface area contributed by atoms with E-state index in [-0.39, 0.29) is 0 Å². The van der Waals surface area contributed by atoms with Gasteiger partial charge in [0.15, 0.2) is 0 Å². The summed E-state index contributed by atoms with van der Waals surface area (Å²) in [4.78, 5) is 2.40. The Hall–Kier alpha value is 0.557. The molecule has 0 aromatic rings. The first-order valence-corrected chi connectivity index (χ1v) is 3.47. The fourth-order valence-electron chi connectivity index (χ4n) is 1.14. The molecule has 0 amide bonds. The molecule has 0 radical (unpaired) electrons. The van der Waals surface area contributed by atoms with Crippen LogP contribution in [0.3, 0.4) is 0 Å². The first-order chi connectivity index (χ1) is 3.79. The summed E-state index contributed by atoms with van der Waals surface area (Å²) < 4.78 is 0.978. The summed E-state index contributed by atoms with van der Waals surface area (Å²) in [5, 5.41) is 0. The van der Waals surface area contributed by atoms with E-state index in [0.29, 0.717) is 0 Å². The van der Waals surface area contributed by atoms with E-state index in [0.717, 1.165) is 4.59 Å². The number of nitrogens with zero attached hydrogens (tertiary/aromatic N) is 1. The van der Waals surface area contributed by atoms with Crippen molar-refractivity contribution in [1.82, 2.24) is 4.90 Å². The van der Waals surface area contributed by atoms with Gasteiger partial charge in [-0.05, 0) is 0 Å². The molecule has 0 spiro atoms. The Balaban J connectivity index is 2.19. The van der Waals surface area contributed by atoms with Gasteiger partial charge in [-0.3, -0.25) is 0 Å². The third-order valence-corrected chi connectivity index (χ3v) is 2.01. The second-order valence-corrected chi connectivity index (χ2v) is 2.99. The molecule has 0 bridgehead atoms. The van der Waals surface area contributed by atoms with E-state index in [2.05, 4.69) is 29.7 Å². The minimum atomic E-state index is 0.978. The summed E-state index contributed by atoms with van der Waals surface area (Å²) in [7, 11) is 2.20. The van der Waals surface area contributed by atoms with Gasteiger partial charge in [0.05, 0.1) is 0 Å². The van der Waals surface area contributed by atoms with Gasteiger partial charge >= 0.3 is 60.2 Å². The SMILES string of the molecule is [Li][CH]1CCN(C)CC1. The van der Waals surface area contributed by atoms with E-state index in [1.165, 1.54) is 25.9 Å². The van der Waals surface area contributed by atoms with Crippen LogP contribution in [0.1, 0.15) is 12.8 Å². The average Bonchev–Trinajstić information content (AvgIpc) is 1.77. The van der Waals surface area contributed by atoms with Crippen molar-refractivity contribution >= 4 is 17.7 Å². The van der Waals surface area contributed by atoms with Gasteiger partial charge in [-0.1, -0.05) is 0 Å². The first-order valence-electron chi connectivity index (χ1n) is 3.47. The van der Waals surface area contributed by atoms with Crippen molar-refractivity contribution in [2.45, 2.75) is 17.4 Å². The number of likely N-dealkylation sites (tertiary alicyclic amines) is 1. The quantitative estimate of drug-likeness (QED) is 0.409. The van der Waals surface area contributed by atoms with Crippen LogP contribution >= 0.6 is 0 Å². The van der Waals surface area contributed by atoms with Crippen LogP contribution in [0.15, 0.2) is 0 Å². The molecular weight excluding hydrogens is 93.0 g/mol. The van der Waals surface area contributed by atoms with Crippen LogP contribution < -0.4 is 0 Å². The molecule has 0 unspecified atom stereocenters. The molecule has 8 heavy (non-hydrogen) atoms. The van der Waals surface area contributed by atoms with Crippen molar-refractivity contribution < 1.29 is 0 Å². The molecule has 42 valence electrons. The molecule has 1 aliphatic rings. The summed E-state index contributed by atoms with van der Waals surface area (Å²) >= 11 is 2.34. The molecule has 1 nitrogen and oxygen atoms in total. The molecule has 2 heteroatoms. The summed E-state index contributed by atoms with van der Waals surface area (Å²) in [6, 6.07) is 0. The normalized spacial score (nSPS) is 26.4. The molecule has 1 rings (SSSR count). The Bertz CT molecular complexity index is 56.9. The van der Waals surface area contributed by atoms with Crippen molar-refractivity contribution in [1.29, 1.82) is 0 Å². The number of rotatable bonds is 0.